The van der Waals surface area contributed by atoms with Crippen LogP contribution in [-0.2, 0) is 9.59 Å². The number of hydrogen-bond acceptors (Lipinski definition) is 7. The zero-order valence-electron chi connectivity index (χ0n) is 21.3. The maximum Gasteiger partial charge on any atom is 0.246 e. The number of methoxy groups -OCH3 is 1. The van der Waals surface area contributed by atoms with E-state index in [1.807, 2.05) is 4.90 Å². The van der Waals surface area contributed by atoms with Crippen molar-refractivity contribution >= 4 is 28.9 Å². The van der Waals surface area contributed by atoms with Crippen LogP contribution in [0.3, 0.4) is 0 Å². The Balaban J connectivity index is 1.53. The molecule has 0 radical (unpaired) electrons. The minimum absolute atomic E-state index is 0.0306. The first-order valence-electron chi connectivity index (χ1n) is 12.8. The third kappa shape index (κ3) is 5.78. The lowest BCUT2D eigenvalue weighted by Crippen LogP contribution is -2.55. The maximum absolute atomic E-state index is 13.9. The fourth-order valence-corrected chi connectivity index (χ4v) is 6.13. The predicted octanol–water partition coefficient (Wildman–Crippen LogP) is 3.72. The Bertz CT molecular complexity index is 1080. The van der Waals surface area contributed by atoms with Gasteiger partial charge in [0.05, 0.1) is 19.2 Å². The molecule has 1 saturated carbocycles. The zero-order valence-corrected chi connectivity index (χ0v) is 22.1. The number of carbonyl (C=O) groups is 3. The highest BCUT2D eigenvalue weighted by Crippen LogP contribution is 2.36. The number of nitrogens with one attached hydrogen (secondary N) is 2. The van der Waals surface area contributed by atoms with Gasteiger partial charge in [-0.15, -0.1) is 11.3 Å². The Hall–Kier alpha value is -2.78. The van der Waals surface area contributed by atoms with E-state index in [9.17, 15) is 14.4 Å². The van der Waals surface area contributed by atoms with Crippen LogP contribution in [0.1, 0.15) is 79.0 Å². The van der Waals surface area contributed by atoms with Crippen molar-refractivity contribution < 1.29 is 19.1 Å². The molecule has 36 heavy (non-hydrogen) atoms. The van der Waals surface area contributed by atoms with E-state index in [0.717, 1.165) is 43.5 Å². The number of likely N-dealkylation sites (N-methyl/N-ethyl adjacent to an activating group) is 1. The summed E-state index contributed by atoms with van der Waals surface area (Å²) in [5, 5.41) is 8.57. The Morgan fingerprint density at radius 3 is 2.64 bits per heavy atom. The van der Waals surface area contributed by atoms with Gasteiger partial charge in [-0.25, -0.2) is 4.98 Å². The van der Waals surface area contributed by atoms with Gasteiger partial charge in [-0.1, -0.05) is 31.4 Å². The molecule has 2 fully saturated rings. The van der Waals surface area contributed by atoms with Crippen LogP contribution >= 0.6 is 11.3 Å². The van der Waals surface area contributed by atoms with E-state index < -0.39 is 6.04 Å². The Morgan fingerprint density at radius 1 is 1.14 bits per heavy atom. The molecule has 3 unspecified atom stereocenters. The number of rotatable bonds is 9. The summed E-state index contributed by atoms with van der Waals surface area (Å²) in [7, 11) is 3.31. The van der Waals surface area contributed by atoms with Crippen LogP contribution in [-0.4, -0.2) is 60.3 Å². The summed E-state index contributed by atoms with van der Waals surface area (Å²) in [6.07, 6.45) is 6.89. The number of ether oxygens (including phenoxy) is 1. The molecule has 1 aromatic heterocycles. The van der Waals surface area contributed by atoms with Gasteiger partial charge in [0.2, 0.25) is 17.6 Å². The lowest BCUT2D eigenvalue weighted by molar-refractivity contribution is -0.139. The van der Waals surface area contributed by atoms with Gasteiger partial charge in [-0.2, -0.15) is 0 Å². The van der Waals surface area contributed by atoms with Gasteiger partial charge in [-0.3, -0.25) is 14.4 Å². The molecule has 194 valence electrons. The summed E-state index contributed by atoms with van der Waals surface area (Å²) in [4.78, 5) is 46.2. The van der Waals surface area contributed by atoms with Gasteiger partial charge in [-0.05, 0) is 57.7 Å². The predicted molar refractivity (Wildman–Crippen MR) is 139 cm³/mol. The van der Waals surface area contributed by atoms with Gasteiger partial charge in [0.15, 0.2) is 0 Å². The maximum atomic E-state index is 13.9. The Kier molecular flexibility index (Phi) is 8.74. The molecule has 0 spiro atoms. The normalized spacial score (nSPS) is 20.1. The van der Waals surface area contributed by atoms with Crippen molar-refractivity contribution in [1.82, 2.24) is 20.5 Å². The van der Waals surface area contributed by atoms with Crippen LogP contribution in [0, 0.1) is 5.92 Å². The van der Waals surface area contributed by atoms with Gasteiger partial charge in [0, 0.05) is 17.5 Å². The highest BCUT2D eigenvalue weighted by Gasteiger charge is 2.40. The highest BCUT2D eigenvalue weighted by molar-refractivity contribution is 7.10. The number of likely N-dealkylation sites (tertiary alicyclic amines) is 1. The number of aromatic nitrogens is 1. The van der Waals surface area contributed by atoms with Crippen molar-refractivity contribution in [2.24, 2.45) is 5.92 Å². The third-order valence-corrected chi connectivity index (χ3v) is 8.36. The quantitative estimate of drug-likeness (QED) is 0.497. The van der Waals surface area contributed by atoms with Gasteiger partial charge in [0.1, 0.15) is 22.5 Å². The molecule has 1 saturated heterocycles. The van der Waals surface area contributed by atoms with E-state index in [4.69, 9.17) is 4.74 Å². The molecule has 4 rings (SSSR count). The molecule has 3 atom stereocenters. The van der Waals surface area contributed by atoms with Crippen molar-refractivity contribution in [2.45, 2.75) is 70.0 Å². The monoisotopic (exact) mass is 512 g/mol. The van der Waals surface area contributed by atoms with Crippen molar-refractivity contribution in [1.29, 1.82) is 0 Å². The molecular formula is C27H36N4O4S. The summed E-state index contributed by atoms with van der Waals surface area (Å²) in [5.41, 5.74) is 0.895. The van der Waals surface area contributed by atoms with Crippen LogP contribution in [0.15, 0.2) is 29.6 Å². The molecule has 2 amide bonds. The number of nitrogens with zero attached hydrogens (tertiary/aromatic N) is 2. The van der Waals surface area contributed by atoms with Crippen LogP contribution in [0.25, 0.3) is 0 Å². The first-order chi connectivity index (χ1) is 17.4. The second kappa shape index (κ2) is 12.0. The SMILES string of the molecule is CNC(C)C(=O)NC(C(=O)N1CCCC1c1nc(C(=O)c2cccc(OC)c2)cs1)C1CCCCC1. The molecule has 1 aliphatic heterocycles. The number of benzene rings is 1. The van der Waals surface area contributed by atoms with Crippen molar-refractivity contribution in [2.75, 3.05) is 20.7 Å². The van der Waals surface area contributed by atoms with Gasteiger partial charge < -0.3 is 20.3 Å². The lowest BCUT2D eigenvalue weighted by atomic mass is 9.83. The molecule has 0 bridgehead atoms. The number of thiazole rings is 1. The molecule has 2 heterocycles. The standard InChI is InChI=1S/C27H36N4O4S/c1-17(28-2)25(33)30-23(18-9-5-4-6-10-18)27(34)31-14-8-13-22(31)26-29-21(16-36-26)24(32)19-11-7-12-20(15-19)35-3/h7,11-12,15-18,22-23,28H,4-6,8-10,13-14H2,1-3H3,(H,30,33). The molecule has 9 heteroatoms. The van der Waals surface area contributed by atoms with Crippen molar-refractivity contribution in [3.05, 3.63) is 45.9 Å². The Morgan fingerprint density at radius 2 is 1.92 bits per heavy atom. The second-order valence-electron chi connectivity index (χ2n) is 9.72. The van der Waals surface area contributed by atoms with Crippen LogP contribution in [0.2, 0.25) is 0 Å². The summed E-state index contributed by atoms with van der Waals surface area (Å²) in [6, 6.07) is 5.94. The minimum Gasteiger partial charge on any atom is -0.497 e. The fraction of sp³-hybridized carbons (Fsp3) is 0.556. The molecule has 1 aromatic carbocycles. The number of amides is 2. The molecular weight excluding hydrogens is 476 g/mol. The topological polar surface area (TPSA) is 101 Å². The smallest absolute Gasteiger partial charge is 0.246 e. The summed E-state index contributed by atoms with van der Waals surface area (Å²) < 4.78 is 5.24. The number of carbonyl (C=O) groups excluding carboxylic acids is 3. The largest absolute Gasteiger partial charge is 0.497 e. The van der Waals surface area contributed by atoms with E-state index in [1.165, 1.54) is 17.8 Å². The fourth-order valence-electron chi connectivity index (χ4n) is 5.18. The molecule has 2 aliphatic rings. The Labute approximate surface area is 216 Å². The van der Waals surface area contributed by atoms with Crippen molar-refractivity contribution in [3.8, 4) is 5.75 Å². The number of hydrogen-bond donors (Lipinski definition) is 2. The molecule has 2 aromatic rings. The van der Waals surface area contributed by atoms with Crippen molar-refractivity contribution in [3.63, 3.8) is 0 Å². The highest BCUT2D eigenvalue weighted by atomic mass is 32.1. The first-order valence-corrected chi connectivity index (χ1v) is 13.7. The van der Waals surface area contributed by atoms with Gasteiger partial charge in [0.25, 0.3) is 0 Å². The van der Waals surface area contributed by atoms with E-state index in [2.05, 4.69) is 15.6 Å². The minimum atomic E-state index is -0.535. The summed E-state index contributed by atoms with van der Waals surface area (Å²) >= 11 is 1.42. The first kappa shape index (κ1) is 26.3. The van der Waals surface area contributed by atoms with E-state index in [1.54, 1.807) is 50.7 Å². The number of ketones is 1. The molecule has 1 aliphatic carbocycles. The average Bonchev–Trinajstić information content (AvgIpc) is 3.61. The third-order valence-electron chi connectivity index (χ3n) is 7.42. The molecule has 8 nitrogen and oxygen atoms in total. The summed E-state index contributed by atoms with van der Waals surface area (Å²) in [6.45, 7) is 2.43. The summed E-state index contributed by atoms with van der Waals surface area (Å²) in [5.74, 6) is 0.407. The van der Waals surface area contributed by atoms with Gasteiger partial charge >= 0.3 is 0 Å². The van der Waals surface area contributed by atoms with Crippen LogP contribution in [0.4, 0.5) is 0 Å². The van der Waals surface area contributed by atoms with E-state index in [0.29, 0.717) is 23.6 Å². The van der Waals surface area contributed by atoms with Crippen LogP contribution < -0.4 is 15.4 Å². The second-order valence-corrected chi connectivity index (χ2v) is 10.6. The zero-order chi connectivity index (χ0) is 25.7. The van der Waals surface area contributed by atoms with E-state index >= 15 is 0 Å². The van der Waals surface area contributed by atoms with Crippen LogP contribution in [0.5, 0.6) is 5.75 Å². The van der Waals surface area contributed by atoms with E-state index in [-0.39, 0.29) is 35.6 Å². The molecule has 2 N–H and O–H groups in total. The lowest BCUT2D eigenvalue weighted by Gasteiger charge is -2.35. The average molecular weight is 513 g/mol.